The van der Waals surface area contributed by atoms with Crippen LogP contribution in [-0.2, 0) is 22.8 Å². The summed E-state index contributed by atoms with van der Waals surface area (Å²) in [6, 6.07) is -1.19. The number of amidine groups is 1. The van der Waals surface area contributed by atoms with E-state index in [0.29, 0.717) is 0 Å². The van der Waals surface area contributed by atoms with Gasteiger partial charge in [-0.15, -0.1) is 0 Å². The molecule has 0 aliphatic rings. The Bertz CT molecular complexity index is 495. The van der Waals surface area contributed by atoms with Gasteiger partial charge in [0.2, 0.25) is 0 Å². The van der Waals surface area contributed by atoms with E-state index in [-0.39, 0.29) is 6.29 Å². The zero-order chi connectivity index (χ0) is 19.7. The Hall–Kier alpha value is -0.960. The first kappa shape index (κ1) is 25.3. The van der Waals surface area contributed by atoms with E-state index in [4.69, 9.17) is 45.6 Å². The first-order valence-electron chi connectivity index (χ1n) is 5.58. The number of phosphoric ester groups is 1. The molecular weight excluding hydrogens is 382 g/mol. The fraction of sp³-hybridized carbons (Fsp3) is 0.714. The number of rotatable bonds is 8. The Morgan fingerprint density at radius 1 is 1.12 bits per heavy atom. The van der Waals surface area contributed by atoms with Crippen molar-refractivity contribution in [3.8, 4) is 0 Å². The van der Waals surface area contributed by atoms with Gasteiger partial charge in [-0.25, -0.2) is 9.13 Å². The average molecular weight is 400 g/mol. The molecule has 0 aliphatic heterocycles. The quantitative estimate of drug-likeness (QED) is 0.0799. The molecule has 0 saturated heterocycles. The molecule has 15 nitrogen and oxygen atoms in total. The molecular formula is C7H18N2O13P2. The van der Waals surface area contributed by atoms with Crippen LogP contribution in [0.3, 0.4) is 0 Å². The lowest BCUT2D eigenvalue weighted by molar-refractivity contribution is -0.136. The van der Waals surface area contributed by atoms with Gasteiger partial charge in [-0.1, -0.05) is 0 Å². The smallest absolute Gasteiger partial charge is 0.394 e. The van der Waals surface area contributed by atoms with Crippen LogP contribution in [0.25, 0.3) is 0 Å². The van der Waals surface area contributed by atoms with Crippen LogP contribution >= 0.6 is 15.6 Å². The number of nitrogens with two attached hydrogens (primary N) is 1. The number of carbonyl (C=O) groups is 1. The lowest BCUT2D eigenvalue weighted by atomic mass is 10.0. The highest BCUT2D eigenvalue weighted by Crippen LogP contribution is 2.57. The normalized spacial score (nSPS) is 18.8. The van der Waals surface area contributed by atoms with Gasteiger partial charge >= 0.3 is 15.6 Å². The van der Waals surface area contributed by atoms with Crippen molar-refractivity contribution >= 4 is 28.0 Å². The molecule has 0 aromatic carbocycles. The topological polar surface area (TPSA) is 281 Å². The molecule has 0 rings (SSSR count). The summed E-state index contributed by atoms with van der Waals surface area (Å²) in [6.45, 7) is -0.760. The van der Waals surface area contributed by atoms with E-state index in [1.165, 1.54) is 0 Å². The summed E-state index contributed by atoms with van der Waals surface area (Å²) in [7, 11) is -10.1. The molecule has 0 spiro atoms. The largest absolute Gasteiger partial charge is 0.538 e. The number of carbonyl (C=O) groups excluding carboxylic acids is 1. The van der Waals surface area contributed by atoms with Crippen molar-refractivity contribution < 1.29 is 63.0 Å². The summed E-state index contributed by atoms with van der Waals surface area (Å²) in [6.07, 6.45) is -6.84. The maximum absolute atomic E-state index is 10.4. The average Bonchev–Trinajstić information content (AvgIpc) is 2.40. The molecule has 0 radical (unpaired) electrons. The third-order valence-corrected chi connectivity index (χ3v) is 3.95. The van der Waals surface area contributed by atoms with E-state index >= 15 is 0 Å². The van der Waals surface area contributed by atoms with Gasteiger partial charge in [0.05, 0.1) is 6.61 Å². The number of phosphoric acid groups is 2. The minimum absolute atomic E-state index is 0.0258. The van der Waals surface area contributed by atoms with Crippen LogP contribution in [0.5, 0.6) is 0 Å². The molecule has 5 atom stereocenters. The Kier molecular flexibility index (Phi) is 11.4. The summed E-state index contributed by atoms with van der Waals surface area (Å²) in [4.78, 5) is 34.4. The highest BCUT2D eigenvalue weighted by Gasteiger charge is 2.34. The van der Waals surface area contributed by atoms with E-state index < -0.39 is 52.7 Å². The molecule has 0 bridgehead atoms. The number of nitrogens with one attached hydrogen (secondary N) is 1. The number of hydrogen-bond acceptors (Lipinski definition) is 11. The Morgan fingerprint density at radius 3 is 1.88 bits per heavy atom. The third kappa shape index (κ3) is 12.5. The Labute approximate surface area is 134 Å². The maximum Gasteiger partial charge on any atom is 0.538 e. The minimum Gasteiger partial charge on any atom is -0.394 e. The predicted octanol–water partition coefficient (Wildman–Crippen LogP) is -4.27. The van der Waals surface area contributed by atoms with Crippen molar-refractivity contribution in [2.45, 2.75) is 24.4 Å². The molecule has 144 valence electrons. The molecule has 1 unspecified atom stereocenters. The second-order valence-electron chi connectivity index (χ2n) is 3.85. The van der Waals surface area contributed by atoms with Gasteiger partial charge < -0.3 is 50.4 Å². The monoisotopic (exact) mass is 400 g/mol. The number of aliphatic hydroxyl groups excluding tert-OH is 5. The van der Waals surface area contributed by atoms with Gasteiger partial charge in [0.1, 0.15) is 24.4 Å². The van der Waals surface area contributed by atoms with Gasteiger partial charge in [-0.3, -0.25) is 10.3 Å². The fourth-order valence-corrected chi connectivity index (χ4v) is 2.35. The Balaban J connectivity index is 0. The van der Waals surface area contributed by atoms with Crippen molar-refractivity contribution in [2.24, 2.45) is 5.73 Å². The fourth-order valence-electron chi connectivity index (χ4n) is 0.893. The summed E-state index contributed by atoms with van der Waals surface area (Å²) in [5, 5.41) is 49.9. The molecule has 11 N–H and O–H groups in total. The predicted molar refractivity (Wildman–Crippen MR) is 73.1 cm³/mol. The molecule has 0 fully saturated rings. The van der Waals surface area contributed by atoms with Crippen LogP contribution in [0.1, 0.15) is 0 Å². The van der Waals surface area contributed by atoms with Gasteiger partial charge in [-0.2, -0.15) is 4.31 Å². The number of aldehydes is 1. The van der Waals surface area contributed by atoms with Crippen LogP contribution in [0, 0.1) is 5.41 Å². The van der Waals surface area contributed by atoms with Crippen molar-refractivity contribution in [1.29, 1.82) is 5.41 Å². The lowest BCUT2D eigenvalue weighted by Gasteiger charge is -2.22. The maximum atomic E-state index is 10.4. The second kappa shape index (κ2) is 10.8. The van der Waals surface area contributed by atoms with E-state index in [9.17, 15) is 13.9 Å². The highest BCUT2D eigenvalue weighted by atomic mass is 31.3. The van der Waals surface area contributed by atoms with Crippen LogP contribution < -0.4 is 5.73 Å². The molecule has 17 heteroatoms. The van der Waals surface area contributed by atoms with Crippen molar-refractivity contribution in [3.05, 3.63) is 0 Å². The van der Waals surface area contributed by atoms with E-state index in [2.05, 4.69) is 14.6 Å². The van der Waals surface area contributed by atoms with Gasteiger partial charge in [0.25, 0.3) is 6.02 Å². The third-order valence-electron chi connectivity index (χ3n) is 1.84. The molecule has 0 aromatic rings. The zero-order valence-electron chi connectivity index (χ0n) is 11.7. The summed E-state index contributed by atoms with van der Waals surface area (Å²) in [5.41, 5.74) is 4.49. The van der Waals surface area contributed by atoms with E-state index in [1.54, 1.807) is 0 Å². The van der Waals surface area contributed by atoms with Crippen LogP contribution in [0.4, 0.5) is 0 Å². The van der Waals surface area contributed by atoms with Crippen LogP contribution in [0.2, 0.25) is 0 Å². The summed E-state index contributed by atoms with van der Waals surface area (Å²) >= 11 is 0. The molecule has 24 heavy (non-hydrogen) atoms. The number of aliphatic hydroxyl groups is 5. The van der Waals surface area contributed by atoms with Crippen LogP contribution in [0.15, 0.2) is 0 Å². The van der Waals surface area contributed by atoms with Gasteiger partial charge in [-0.05, 0) is 0 Å². The SMILES string of the molecule is N=C(N)OP(=O)(O)OP(=O)(O)O.O=C[C@@H](O)[C@@H](O)[C@H](O)[C@H](O)CO. The summed E-state index contributed by atoms with van der Waals surface area (Å²) < 4.78 is 27.3. The van der Waals surface area contributed by atoms with Crippen molar-refractivity contribution in [3.63, 3.8) is 0 Å². The van der Waals surface area contributed by atoms with Gasteiger partial charge in [0, 0.05) is 0 Å². The van der Waals surface area contributed by atoms with Crippen molar-refractivity contribution in [1.82, 2.24) is 0 Å². The number of hydrogen-bond donors (Lipinski definition) is 10. The van der Waals surface area contributed by atoms with Crippen LogP contribution in [-0.4, -0.2) is 83.5 Å². The molecule has 0 saturated carbocycles. The molecule has 0 heterocycles. The Morgan fingerprint density at radius 2 is 1.58 bits per heavy atom. The minimum atomic E-state index is -5.13. The van der Waals surface area contributed by atoms with E-state index in [0.717, 1.165) is 0 Å². The standard InChI is InChI=1S/C6H12O6.CH6N2O7P2/c7-1-3(9)5(11)6(12)4(10)2-8;2-1(3)9-12(7,8)10-11(4,5)6/h1,3-6,8-12H,2H2;(H3,2,3)(H,7,8)(H2,4,5,6)/t3-,4-,5-,6-;/m1./s1. The lowest BCUT2D eigenvalue weighted by Crippen LogP contribution is -2.46. The molecule has 0 aliphatic carbocycles. The highest BCUT2D eigenvalue weighted by molar-refractivity contribution is 7.61. The zero-order valence-corrected chi connectivity index (χ0v) is 13.5. The second-order valence-corrected chi connectivity index (χ2v) is 6.61. The summed E-state index contributed by atoms with van der Waals surface area (Å²) in [5.74, 6) is 0. The molecule has 0 aromatic heterocycles. The van der Waals surface area contributed by atoms with Crippen molar-refractivity contribution in [2.75, 3.05) is 6.61 Å². The van der Waals surface area contributed by atoms with Gasteiger partial charge in [0.15, 0.2) is 6.29 Å². The van der Waals surface area contributed by atoms with E-state index in [1.807, 2.05) is 0 Å². The first-order valence-corrected chi connectivity index (χ1v) is 8.61. The molecule has 0 amide bonds. The first-order chi connectivity index (χ1) is 10.7.